The summed E-state index contributed by atoms with van der Waals surface area (Å²) < 4.78 is 0. The maximum Gasteiger partial charge on any atom is 0.222 e. The first-order chi connectivity index (χ1) is 7.04. The Balaban J connectivity index is -0.000000202. The standard InChI is InChI=1S/C6H13NO2.C4H10.C2H6/c1-2-4-7-6(9)3-5-8;1-4(2)3;1-2/h8H,2-5H2,1H3,(H,7,9);4H,1-3H3;1-2H3. The summed E-state index contributed by atoms with van der Waals surface area (Å²) in [5.74, 6) is 0.763. The lowest BCUT2D eigenvalue weighted by Gasteiger charge is -1.98. The molecule has 0 atom stereocenters. The molecule has 94 valence electrons. The van der Waals surface area contributed by atoms with Crippen molar-refractivity contribution in [3.8, 4) is 0 Å². The van der Waals surface area contributed by atoms with Crippen molar-refractivity contribution in [2.75, 3.05) is 13.2 Å². The van der Waals surface area contributed by atoms with Crippen molar-refractivity contribution in [3.05, 3.63) is 0 Å². The molecule has 0 aromatic carbocycles. The molecule has 0 aliphatic carbocycles. The van der Waals surface area contributed by atoms with Gasteiger partial charge in [0.2, 0.25) is 5.91 Å². The second kappa shape index (κ2) is 19.1. The van der Waals surface area contributed by atoms with Gasteiger partial charge in [-0.25, -0.2) is 0 Å². The van der Waals surface area contributed by atoms with E-state index in [0.29, 0.717) is 6.54 Å². The second-order valence-corrected chi connectivity index (χ2v) is 3.56. The third-order valence-corrected chi connectivity index (χ3v) is 0.911. The molecule has 0 aromatic heterocycles. The van der Waals surface area contributed by atoms with Gasteiger partial charge in [-0.3, -0.25) is 4.79 Å². The minimum Gasteiger partial charge on any atom is -0.396 e. The van der Waals surface area contributed by atoms with Gasteiger partial charge in [-0.1, -0.05) is 41.5 Å². The molecule has 0 aliphatic heterocycles. The molecule has 0 heterocycles. The van der Waals surface area contributed by atoms with Crippen LogP contribution in [-0.2, 0) is 4.79 Å². The van der Waals surface area contributed by atoms with Crippen LogP contribution in [0.5, 0.6) is 0 Å². The Morgan fingerprint density at radius 2 is 1.67 bits per heavy atom. The monoisotopic (exact) mass is 219 g/mol. The average molecular weight is 219 g/mol. The zero-order valence-electron chi connectivity index (χ0n) is 11.3. The fraction of sp³-hybridized carbons (Fsp3) is 0.917. The topological polar surface area (TPSA) is 49.3 Å². The van der Waals surface area contributed by atoms with Crippen LogP contribution < -0.4 is 5.32 Å². The van der Waals surface area contributed by atoms with Gasteiger partial charge in [-0.05, 0) is 12.3 Å². The Kier molecular flexibility index (Phi) is 25.3. The summed E-state index contributed by atoms with van der Waals surface area (Å²) >= 11 is 0. The van der Waals surface area contributed by atoms with Gasteiger partial charge in [0.15, 0.2) is 0 Å². The van der Waals surface area contributed by atoms with Gasteiger partial charge in [-0.2, -0.15) is 0 Å². The van der Waals surface area contributed by atoms with Gasteiger partial charge < -0.3 is 10.4 Å². The number of hydrogen-bond donors (Lipinski definition) is 2. The normalized spacial score (nSPS) is 8.27. The first-order valence-electron chi connectivity index (χ1n) is 5.92. The molecule has 0 radical (unpaired) electrons. The molecule has 0 aromatic rings. The first kappa shape index (κ1) is 19.9. The van der Waals surface area contributed by atoms with Crippen molar-refractivity contribution in [2.45, 2.75) is 54.4 Å². The Labute approximate surface area is 95.3 Å². The van der Waals surface area contributed by atoms with Crippen molar-refractivity contribution >= 4 is 5.91 Å². The van der Waals surface area contributed by atoms with Gasteiger partial charge in [0.25, 0.3) is 0 Å². The van der Waals surface area contributed by atoms with E-state index in [2.05, 4.69) is 26.1 Å². The zero-order valence-corrected chi connectivity index (χ0v) is 11.3. The fourth-order valence-electron chi connectivity index (χ4n) is 0.454. The quantitative estimate of drug-likeness (QED) is 0.763. The fourth-order valence-corrected chi connectivity index (χ4v) is 0.454. The van der Waals surface area contributed by atoms with Crippen molar-refractivity contribution in [1.29, 1.82) is 0 Å². The molecule has 0 saturated carbocycles. The molecule has 0 bridgehead atoms. The van der Waals surface area contributed by atoms with Crippen LogP contribution in [0.3, 0.4) is 0 Å². The summed E-state index contributed by atoms with van der Waals surface area (Å²) in [6, 6.07) is 0. The van der Waals surface area contributed by atoms with E-state index in [1.54, 1.807) is 0 Å². The number of nitrogens with one attached hydrogen (secondary N) is 1. The smallest absolute Gasteiger partial charge is 0.222 e. The zero-order chi connectivity index (χ0) is 12.7. The number of carbonyl (C=O) groups excluding carboxylic acids is 1. The van der Waals surface area contributed by atoms with Crippen molar-refractivity contribution in [3.63, 3.8) is 0 Å². The molecule has 0 saturated heterocycles. The molecule has 3 heteroatoms. The van der Waals surface area contributed by atoms with Crippen LogP contribution in [-0.4, -0.2) is 24.2 Å². The van der Waals surface area contributed by atoms with Gasteiger partial charge in [0, 0.05) is 13.0 Å². The second-order valence-electron chi connectivity index (χ2n) is 3.56. The molecule has 0 spiro atoms. The van der Waals surface area contributed by atoms with Gasteiger partial charge in [-0.15, -0.1) is 0 Å². The SMILES string of the molecule is CC.CC(C)C.CCCNC(=O)CCO. The van der Waals surface area contributed by atoms with E-state index in [-0.39, 0.29) is 18.9 Å². The number of carbonyl (C=O) groups is 1. The Morgan fingerprint density at radius 3 is 1.93 bits per heavy atom. The molecule has 0 rings (SSSR count). The Morgan fingerprint density at radius 1 is 1.27 bits per heavy atom. The highest BCUT2D eigenvalue weighted by Gasteiger charge is 1.95. The molecule has 15 heavy (non-hydrogen) atoms. The summed E-state index contributed by atoms with van der Waals surface area (Å²) in [5, 5.41) is 10.9. The molecular formula is C12H29NO2. The number of aliphatic hydroxyl groups excluding tert-OH is 1. The van der Waals surface area contributed by atoms with Crippen molar-refractivity contribution < 1.29 is 9.90 Å². The predicted molar refractivity (Wildman–Crippen MR) is 66.9 cm³/mol. The highest BCUT2D eigenvalue weighted by molar-refractivity contribution is 5.75. The van der Waals surface area contributed by atoms with Crippen LogP contribution >= 0.6 is 0 Å². The van der Waals surface area contributed by atoms with E-state index in [0.717, 1.165) is 12.3 Å². The van der Waals surface area contributed by atoms with E-state index in [4.69, 9.17) is 5.11 Å². The minimum absolute atomic E-state index is 0.0600. The predicted octanol–water partition coefficient (Wildman–Crippen LogP) is 2.58. The van der Waals surface area contributed by atoms with E-state index >= 15 is 0 Å². The molecule has 2 N–H and O–H groups in total. The summed E-state index contributed by atoms with van der Waals surface area (Å²) in [4.78, 5) is 10.5. The van der Waals surface area contributed by atoms with E-state index < -0.39 is 0 Å². The molecular weight excluding hydrogens is 190 g/mol. The number of rotatable bonds is 4. The Bertz CT molecular complexity index is 111. The maximum absolute atomic E-state index is 10.5. The number of aliphatic hydroxyl groups is 1. The van der Waals surface area contributed by atoms with E-state index in [9.17, 15) is 4.79 Å². The summed E-state index contributed by atoms with van der Waals surface area (Å²) in [6.07, 6.45) is 1.16. The minimum atomic E-state index is -0.0700. The van der Waals surface area contributed by atoms with Crippen LogP contribution in [0.25, 0.3) is 0 Å². The van der Waals surface area contributed by atoms with Crippen LogP contribution in [0, 0.1) is 5.92 Å². The first-order valence-corrected chi connectivity index (χ1v) is 5.92. The molecule has 0 fully saturated rings. The lowest BCUT2D eigenvalue weighted by Crippen LogP contribution is -2.24. The molecule has 3 nitrogen and oxygen atoms in total. The largest absolute Gasteiger partial charge is 0.396 e. The van der Waals surface area contributed by atoms with Crippen LogP contribution in [0.15, 0.2) is 0 Å². The lowest BCUT2D eigenvalue weighted by molar-refractivity contribution is -0.121. The van der Waals surface area contributed by atoms with Crippen LogP contribution in [0.1, 0.15) is 54.4 Å². The van der Waals surface area contributed by atoms with Crippen molar-refractivity contribution in [1.82, 2.24) is 5.32 Å². The number of amides is 1. The van der Waals surface area contributed by atoms with Crippen molar-refractivity contribution in [2.24, 2.45) is 5.92 Å². The summed E-state index contributed by atoms with van der Waals surface area (Å²) in [6.45, 7) is 13.1. The average Bonchev–Trinajstić information content (AvgIpc) is 2.17. The highest BCUT2D eigenvalue weighted by Crippen LogP contribution is 1.81. The molecule has 0 unspecified atom stereocenters. The van der Waals surface area contributed by atoms with E-state index in [1.165, 1.54) is 0 Å². The lowest BCUT2D eigenvalue weighted by atomic mass is 10.3. The van der Waals surface area contributed by atoms with Gasteiger partial charge in [0.05, 0.1) is 6.61 Å². The van der Waals surface area contributed by atoms with Gasteiger partial charge >= 0.3 is 0 Å². The van der Waals surface area contributed by atoms with Gasteiger partial charge in [0.1, 0.15) is 0 Å². The summed E-state index contributed by atoms with van der Waals surface area (Å²) in [5.41, 5.74) is 0. The third kappa shape index (κ3) is 42.4. The van der Waals surface area contributed by atoms with Crippen LogP contribution in [0.4, 0.5) is 0 Å². The third-order valence-electron chi connectivity index (χ3n) is 0.911. The number of hydrogen-bond acceptors (Lipinski definition) is 2. The van der Waals surface area contributed by atoms with E-state index in [1.807, 2.05) is 20.8 Å². The molecule has 1 amide bonds. The summed E-state index contributed by atoms with van der Waals surface area (Å²) in [7, 11) is 0. The Hall–Kier alpha value is -0.570. The molecule has 0 aliphatic rings. The maximum atomic E-state index is 10.5. The highest BCUT2D eigenvalue weighted by atomic mass is 16.3. The van der Waals surface area contributed by atoms with Crippen LogP contribution in [0.2, 0.25) is 0 Å².